The number of urea groups is 1. The fourth-order valence-corrected chi connectivity index (χ4v) is 3.88. The molecule has 0 radical (unpaired) electrons. The zero-order valence-electron chi connectivity index (χ0n) is 13.9. The normalized spacial score (nSPS) is 27.6. The largest absolute Gasteiger partial charge is 0.362 e. The number of aromatic nitrogens is 1. The SMILES string of the molecule is Cc1cc(C(=O)CN2C(=O)N[C@@]3(CCCC[C@@H]3C)C2=O)c(C)[nH]1. The van der Waals surface area contributed by atoms with Crippen LogP contribution in [0.3, 0.4) is 0 Å². The summed E-state index contributed by atoms with van der Waals surface area (Å²) in [5, 5.41) is 2.87. The van der Waals surface area contributed by atoms with Crippen molar-refractivity contribution in [3.63, 3.8) is 0 Å². The molecular formula is C17H23N3O3. The molecule has 1 spiro atoms. The highest BCUT2D eigenvalue weighted by Crippen LogP contribution is 2.38. The van der Waals surface area contributed by atoms with E-state index in [1.165, 1.54) is 0 Å². The third-order valence-corrected chi connectivity index (χ3v) is 5.25. The summed E-state index contributed by atoms with van der Waals surface area (Å²) in [5.74, 6) is -0.354. The van der Waals surface area contributed by atoms with Gasteiger partial charge in [0.2, 0.25) is 0 Å². The number of hydrogen-bond donors (Lipinski definition) is 2. The number of H-pyrrole nitrogens is 1. The first kappa shape index (κ1) is 15.8. The van der Waals surface area contributed by atoms with Crippen molar-refractivity contribution < 1.29 is 14.4 Å². The molecule has 1 aliphatic carbocycles. The Labute approximate surface area is 135 Å². The number of imide groups is 1. The van der Waals surface area contributed by atoms with E-state index in [9.17, 15) is 14.4 Å². The van der Waals surface area contributed by atoms with E-state index >= 15 is 0 Å². The summed E-state index contributed by atoms with van der Waals surface area (Å²) >= 11 is 0. The van der Waals surface area contributed by atoms with Gasteiger partial charge in [-0.25, -0.2) is 4.79 Å². The van der Waals surface area contributed by atoms with Crippen LogP contribution in [0, 0.1) is 19.8 Å². The summed E-state index contributed by atoms with van der Waals surface area (Å²) < 4.78 is 0. The van der Waals surface area contributed by atoms with Crippen LogP contribution in [0.1, 0.15) is 54.4 Å². The van der Waals surface area contributed by atoms with E-state index in [2.05, 4.69) is 10.3 Å². The molecule has 0 unspecified atom stereocenters. The average molecular weight is 317 g/mol. The summed E-state index contributed by atoms with van der Waals surface area (Å²) in [6.45, 7) is 5.49. The number of carbonyl (C=O) groups excluding carboxylic acids is 3. The second-order valence-electron chi connectivity index (χ2n) is 6.85. The Kier molecular flexibility index (Phi) is 3.78. The van der Waals surface area contributed by atoms with E-state index in [4.69, 9.17) is 0 Å². The molecule has 2 atom stereocenters. The highest BCUT2D eigenvalue weighted by molar-refractivity contribution is 6.11. The molecule has 0 bridgehead atoms. The van der Waals surface area contributed by atoms with Gasteiger partial charge >= 0.3 is 6.03 Å². The zero-order valence-corrected chi connectivity index (χ0v) is 13.9. The first-order valence-corrected chi connectivity index (χ1v) is 8.18. The minimum atomic E-state index is -0.807. The molecule has 23 heavy (non-hydrogen) atoms. The topological polar surface area (TPSA) is 82.3 Å². The molecule has 2 heterocycles. The molecule has 1 saturated carbocycles. The standard InChI is InChI=1S/C17H23N3O3/c1-10-6-4-5-7-17(10)15(22)20(16(23)19-17)9-14(21)13-8-11(2)18-12(13)3/h8,10,18H,4-7,9H2,1-3H3,(H,19,23)/t10-,17+/m0/s1. The Bertz CT molecular complexity index is 679. The van der Waals surface area contributed by atoms with Gasteiger partial charge in [-0.1, -0.05) is 19.8 Å². The molecule has 124 valence electrons. The van der Waals surface area contributed by atoms with E-state index < -0.39 is 11.6 Å². The highest BCUT2D eigenvalue weighted by Gasteiger charge is 2.55. The number of nitrogens with one attached hydrogen (secondary N) is 2. The zero-order chi connectivity index (χ0) is 16.8. The second kappa shape index (κ2) is 5.51. The van der Waals surface area contributed by atoms with E-state index in [-0.39, 0.29) is 24.2 Å². The molecule has 3 amide bonds. The molecule has 0 aromatic carbocycles. The number of rotatable bonds is 3. The summed E-state index contributed by atoms with van der Waals surface area (Å²) in [6.07, 6.45) is 3.58. The maximum atomic E-state index is 12.8. The van der Waals surface area contributed by atoms with E-state index in [0.29, 0.717) is 12.0 Å². The Balaban J connectivity index is 1.81. The minimum absolute atomic E-state index is 0.101. The first-order valence-electron chi connectivity index (χ1n) is 8.18. The Hall–Kier alpha value is -2.11. The fraction of sp³-hybridized carbons (Fsp3) is 0.588. The lowest BCUT2D eigenvalue weighted by molar-refractivity contribution is -0.133. The van der Waals surface area contributed by atoms with Gasteiger partial charge in [0.1, 0.15) is 5.54 Å². The van der Waals surface area contributed by atoms with Gasteiger partial charge in [-0.15, -0.1) is 0 Å². The summed E-state index contributed by atoms with van der Waals surface area (Å²) in [4.78, 5) is 41.8. The van der Waals surface area contributed by atoms with Gasteiger partial charge in [0.25, 0.3) is 5.91 Å². The minimum Gasteiger partial charge on any atom is -0.362 e. The van der Waals surface area contributed by atoms with Gasteiger partial charge in [-0.2, -0.15) is 0 Å². The third kappa shape index (κ3) is 2.46. The van der Waals surface area contributed by atoms with Crippen LogP contribution < -0.4 is 5.32 Å². The predicted octanol–water partition coefficient (Wildman–Crippen LogP) is 2.31. The van der Waals surface area contributed by atoms with Crippen LogP contribution in [0.25, 0.3) is 0 Å². The maximum absolute atomic E-state index is 12.8. The van der Waals surface area contributed by atoms with Crippen molar-refractivity contribution in [2.24, 2.45) is 5.92 Å². The number of aromatic amines is 1. The molecule has 1 aliphatic heterocycles. The molecule has 1 saturated heterocycles. The molecule has 2 fully saturated rings. The van der Waals surface area contributed by atoms with Crippen LogP contribution in [-0.2, 0) is 4.79 Å². The first-order chi connectivity index (χ1) is 10.8. The van der Waals surface area contributed by atoms with Gasteiger partial charge in [-0.3, -0.25) is 14.5 Å². The number of ketones is 1. The number of amides is 3. The Morgan fingerprint density at radius 1 is 1.35 bits per heavy atom. The van der Waals surface area contributed by atoms with Gasteiger partial charge < -0.3 is 10.3 Å². The number of carbonyl (C=O) groups is 3. The van der Waals surface area contributed by atoms with Crippen LogP contribution in [0.15, 0.2) is 6.07 Å². The van der Waals surface area contributed by atoms with Gasteiger partial charge in [-0.05, 0) is 38.7 Å². The number of Topliss-reactive ketones (excluding diaryl/α,β-unsaturated/α-hetero) is 1. The van der Waals surface area contributed by atoms with Crippen molar-refractivity contribution in [3.8, 4) is 0 Å². The van der Waals surface area contributed by atoms with Crippen molar-refractivity contribution in [2.75, 3.05) is 6.54 Å². The van der Waals surface area contributed by atoms with Gasteiger partial charge in [0.05, 0.1) is 6.54 Å². The van der Waals surface area contributed by atoms with Crippen molar-refractivity contribution >= 4 is 17.7 Å². The Morgan fingerprint density at radius 2 is 2.09 bits per heavy atom. The van der Waals surface area contributed by atoms with E-state index in [0.717, 1.165) is 35.6 Å². The monoisotopic (exact) mass is 317 g/mol. The highest BCUT2D eigenvalue weighted by atomic mass is 16.2. The average Bonchev–Trinajstić information content (AvgIpc) is 2.95. The maximum Gasteiger partial charge on any atom is 0.325 e. The lowest BCUT2D eigenvalue weighted by atomic mass is 9.73. The van der Waals surface area contributed by atoms with Crippen molar-refractivity contribution in [3.05, 3.63) is 23.0 Å². The summed E-state index contributed by atoms with van der Waals surface area (Å²) in [7, 11) is 0. The Morgan fingerprint density at radius 3 is 2.70 bits per heavy atom. The van der Waals surface area contributed by atoms with Gasteiger partial charge in [0, 0.05) is 17.0 Å². The van der Waals surface area contributed by atoms with E-state index in [1.807, 2.05) is 20.8 Å². The van der Waals surface area contributed by atoms with Crippen LogP contribution >= 0.6 is 0 Å². The van der Waals surface area contributed by atoms with Crippen molar-refractivity contribution in [2.45, 2.75) is 52.0 Å². The number of aryl methyl sites for hydroxylation is 2. The lowest BCUT2D eigenvalue weighted by Crippen LogP contribution is -2.54. The smallest absolute Gasteiger partial charge is 0.325 e. The van der Waals surface area contributed by atoms with Crippen molar-refractivity contribution in [1.29, 1.82) is 0 Å². The molecule has 2 aliphatic rings. The van der Waals surface area contributed by atoms with Crippen LogP contribution in [0.2, 0.25) is 0 Å². The lowest BCUT2D eigenvalue weighted by Gasteiger charge is -2.36. The second-order valence-corrected chi connectivity index (χ2v) is 6.85. The molecule has 1 aromatic rings. The van der Waals surface area contributed by atoms with Crippen molar-refractivity contribution in [1.82, 2.24) is 15.2 Å². The molecule has 3 rings (SSSR count). The third-order valence-electron chi connectivity index (χ3n) is 5.25. The van der Waals surface area contributed by atoms with Gasteiger partial charge in [0.15, 0.2) is 5.78 Å². The number of nitrogens with zero attached hydrogens (tertiary/aromatic N) is 1. The molecule has 6 heteroatoms. The molecular weight excluding hydrogens is 294 g/mol. The molecule has 6 nitrogen and oxygen atoms in total. The fourth-order valence-electron chi connectivity index (χ4n) is 3.88. The van der Waals surface area contributed by atoms with Crippen LogP contribution in [0.5, 0.6) is 0 Å². The predicted molar refractivity (Wildman–Crippen MR) is 85.2 cm³/mol. The summed E-state index contributed by atoms with van der Waals surface area (Å²) in [6, 6.07) is 1.32. The van der Waals surface area contributed by atoms with E-state index in [1.54, 1.807) is 6.07 Å². The summed E-state index contributed by atoms with van der Waals surface area (Å²) in [5.41, 5.74) is 1.39. The number of hydrogen-bond acceptors (Lipinski definition) is 3. The molecule has 2 N–H and O–H groups in total. The molecule has 1 aromatic heterocycles. The quantitative estimate of drug-likeness (QED) is 0.663. The van der Waals surface area contributed by atoms with Crippen LogP contribution in [-0.4, -0.2) is 39.7 Å². The van der Waals surface area contributed by atoms with Crippen LogP contribution in [0.4, 0.5) is 4.79 Å².